The second-order valence-electron chi connectivity index (χ2n) is 5.87. The Morgan fingerprint density at radius 1 is 0.960 bits per heavy atom. The maximum atomic E-state index is 13.0. The zero-order chi connectivity index (χ0) is 17.4. The van der Waals surface area contributed by atoms with Crippen LogP contribution in [-0.2, 0) is 4.79 Å². The Morgan fingerprint density at radius 2 is 1.68 bits per heavy atom. The van der Waals surface area contributed by atoms with E-state index in [-0.39, 0.29) is 5.91 Å². The molecule has 3 aromatic rings. The first-order chi connectivity index (χ1) is 12.1. The molecule has 4 rings (SSSR count). The molecule has 0 N–H and O–H groups in total. The van der Waals surface area contributed by atoms with Crippen molar-refractivity contribution in [3.8, 4) is 0 Å². The highest BCUT2D eigenvalue weighted by Crippen LogP contribution is 2.39. The molecule has 0 aromatic heterocycles. The van der Waals surface area contributed by atoms with Gasteiger partial charge in [-0.1, -0.05) is 84.6 Å². The van der Waals surface area contributed by atoms with Gasteiger partial charge < -0.3 is 0 Å². The number of nitrogens with zero attached hydrogens (tertiary/aromatic N) is 1. The van der Waals surface area contributed by atoms with Gasteiger partial charge in [-0.05, 0) is 35.6 Å². The number of fused-ring (bicyclic) bond motifs is 1. The van der Waals surface area contributed by atoms with Gasteiger partial charge in [0.15, 0.2) is 4.32 Å². The van der Waals surface area contributed by atoms with Gasteiger partial charge in [0.2, 0.25) is 0 Å². The van der Waals surface area contributed by atoms with Crippen LogP contribution >= 0.6 is 24.0 Å². The minimum absolute atomic E-state index is 0.0605. The third kappa shape index (κ3) is 2.88. The van der Waals surface area contributed by atoms with E-state index >= 15 is 0 Å². The molecule has 1 heterocycles. The van der Waals surface area contributed by atoms with E-state index in [1.165, 1.54) is 11.8 Å². The molecule has 0 radical (unpaired) electrons. The molecule has 4 heteroatoms. The van der Waals surface area contributed by atoms with Gasteiger partial charge >= 0.3 is 0 Å². The van der Waals surface area contributed by atoms with Crippen molar-refractivity contribution in [1.29, 1.82) is 0 Å². The monoisotopic (exact) mass is 361 g/mol. The summed E-state index contributed by atoms with van der Waals surface area (Å²) in [6, 6.07) is 22.0. The molecule has 25 heavy (non-hydrogen) atoms. The number of hydrogen-bond donors (Lipinski definition) is 0. The Morgan fingerprint density at radius 3 is 2.52 bits per heavy atom. The van der Waals surface area contributed by atoms with Crippen molar-refractivity contribution in [1.82, 2.24) is 0 Å². The second-order valence-corrected chi connectivity index (χ2v) is 7.55. The van der Waals surface area contributed by atoms with Gasteiger partial charge in [-0.15, -0.1) is 0 Å². The minimum Gasteiger partial charge on any atom is -0.268 e. The largest absolute Gasteiger partial charge is 0.270 e. The summed E-state index contributed by atoms with van der Waals surface area (Å²) < 4.78 is 0.571. The van der Waals surface area contributed by atoms with Crippen LogP contribution in [0.3, 0.4) is 0 Å². The lowest BCUT2D eigenvalue weighted by atomic mass is 10.1. The average molecular weight is 361 g/mol. The molecule has 2 nitrogen and oxygen atoms in total. The number of amides is 1. The first-order valence-electron chi connectivity index (χ1n) is 7.96. The van der Waals surface area contributed by atoms with Gasteiger partial charge in [0.25, 0.3) is 5.91 Å². The Labute approximate surface area is 156 Å². The molecular weight excluding hydrogens is 346 g/mol. The number of aryl methyl sites for hydroxylation is 1. The van der Waals surface area contributed by atoms with Crippen molar-refractivity contribution in [2.24, 2.45) is 0 Å². The Balaban J connectivity index is 1.79. The molecule has 0 atom stereocenters. The lowest BCUT2D eigenvalue weighted by Gasteiger charge is -2.17. The Bertz CT molecular complexity index is 1030. The molecule has 1 fully saturated rings. The number of carbonyl (C=O) groups is 1. The molecule has 0 spiro atoms. The van der Waals surface area contributed by atoms with Crippen LogP contribution < -0.4 is 4.90 Å². The van der Waals surface area contributed by atoms with E-state index in [1.807, 2.05) is 79.7 Å². The second kappa shape index (κ2) is 6.47. The maximum absolute atomic E-state index is 13.0. The van der Waals surface area contributed by atoms with E-state index in [9.17, 15) is 4.79 Å². The number of carbonyl (C=O) groups excluding carboxylic acids is 1. The molecule has 0 bridgehead atoms. The quantitative estimate of drug-likeness (QED) is 0.441. The van der Waals surface area contributed by atoms with E-state index < -0.39 is 0 Å². The number of thioether (sulfide) groups is 1. The first kappa shape index (κ1) is 16.1. The van der Waals surface area contributed by atoms with E-state index in [2.05, 4.69) is 0 Å². The summed E-state index contributed by atoms with van der Waals surface area (Å²) in [6.07, 6.45) is 1.93. The fraction of sp³-hybridized carbons (Fsp3) is 0.0476. The van der Waals surface area contributed by atoms with Crippen molar-refractivity contribution in [2.75, 3.05) is 4.90 Å². The fourth-order valence-corrected chi connectivity index (χ4v) is 4.24. The molecule has 1 aliphatic rings. The molecule has 0 unspecified atom stereocenters. The molecule has 3 aromatic carbocycles. The highest BCUT2D eigenvalue weighted by atomic mass is 32.2. The molecule has 0 saturated carbocycles. The number of rotatable bonds is 2. The fourth-order valence-electron chi connectivity index (χ4n) is 2.97. The molecule has 1 aliphatic heterocycles. The summed E-state index contributed by atoms with van der Waals surface area (Å²) in [4.78, 5) is 15.3. The zero-order valence-electron chi connectivity index (χ0n) is 13.6. The number of hydrogen-bond acceptors (Lipinski definition) is 3. The van der Waals surface area contributed by atoms with Crippen molar-refractivity contribution in [3.05, 3.63) is 82.8 Å². The minimum atomic E-state index is -0.0605. The summed E-state index contributed by atoms with van der Waals surface area (Å²) in [6.45, 7) is 2.04. The van der Waals surface area contributed by atoms with E-state index in [0.29, 0.717) is 9.23 Å². The van der Waals surface area contributed by atoms with Crippen LogP contribution in [0.1, 0.15) is 11.1 Å². The van der Waals surface area contributed by atoms with Crippen LogP contribution in [-0.4, -0.2) is 10.2 Å². The summed E-state index contributed by atoms with van der Waals surface area (Å²) in [5.41, 5.74) is 3.02. The SMILES string of the molecule is Cc1ccccc1/C=C1\SC(=S)N(c2cccc3ccccc23)C1=O. The first-order valence-corrected chi connectivity index (χ1v) is 9.19. The summed E-state index contributed by atoms with van der Waals surface area (Å²) in [7, 11) is 0. The van der Waals surface area contributed by atoms with Crippen molar-refractivity contribution in [3.63, 3.8) is 0 Å². The van der Waals surface area contributed by atoms with E-state index in [4.69, 9.17) is 12.2 Å². The maximum Gasteiger partial charge on any atom is 0.270 e. The predicted octanol–water partition coefficient (Wildman–Crippen LogP) is 5.55. The Kier molecular flexibility index (Phi) is 4.15. The number of benzene rings is 3. The summed E-state index contributed by atoms with van der Waals surface area (Å²) in [5, 5.41) is 2.12. The van der Waals surface area contributed by atoms with Crippen LogP contribution in [0.15, 0.2) is 71.6 Å². The normalized spacial score (nSPS) is 16.2. The van der Waals surface area contributed by atoms with Crippen LogP contribution in [0.2, 0.25) is 0 Å². The smallest absolute Gasteiger partial charge is 0.268 e. The Hall–Kier alpha value is -2.43. The summed E-state index contributed by atoms with van der Waals surface area (Å²) in [5.74, 6) is -0.0605. The molecule has 122 valence electrons. The van der Waals surface area contributed by atoms with Gasteiger partial charge in [-0.25, -0.2) is 0 Å². The standard InChI is InChI=1S/C21H15NOS2/c1-14-7-2-3-9-16(14)13-19-20(23)22(21(24)25-19)18-12-6-10-15-8-4-5-11-17(15)18/h2-13H,1H3/b19-13-. The average Bonchev–Trinajstić information content (AvgIpc) is 2.90. The lowest BCUT2D eigenvalue weighted by Crippen LogP contribution is -2.27. The van der Waals surface area contributed by atoms with Crippen LogP contribution in [0, 0.1) is 6.92 Å². The number of thiocarbonyl (C=S) groups is 1. The van der Waals surface area contributed by atoms with Gasteiger partial charge in [0.05, 0.1) is 10.6 Å². The van der Waals surface area contributed by atoms with Gasteiger partial charge in [-0.3, -0.25) is 9.69 Å². The van der Waals surface area contributed by atoms with Crippen LogP contribution in [0.25, 0.3) is 16.8 Å². The lowest BCUT2D eigenvalue weighted by molar-refractivity contribution is -0.113. The molecular formula is C21H15NOS2. The van der Waals surface area contributed by atoms with Crippen molar-refractivity contribution >= 4 is 56.7 Å². The van der Waals surface area contributed by atoms with Crippen molar-refractivity contribution in [2.45, 2.75) is 6.92 Å². The highest BCUT2D eigenvalue weighted by Gasteiger charge is 2.34. The van der Waals surface area contributed by atoms with Crippen LogP contribution in [0.4, 0.5) is 5.69 Å². The van der Waals surface area contributed by atoms with E-state index in [1.54, 1.807) is 4.90 Å². The van der Waals surface area contributed by atoms with E-state index in [0.717, 1.165) is 27.6 Å². The summed E-state index contributed by atoms with van der Waals surface area (Å²) >= 11 is 6.87. The van der Waals surface area contributed by atoms with Gasteiger partial charge in [0.1, 0.15) is 0 Å². The third-order valence-electron chi connectivity index (χ3n) is 4.28. The van der Waals surface area contributed by atoms with Gasteiger partial charge in [0, 0.05) is 5.39 Å². The predicted molar refractivity (Wildman–Crippen MR) is 111 cm³/mol. The topological polar surface area (TPSA) is 20.3 Å². The van der Waals surface area contributed by atoms with Gasteiger partial charge in [-0.2, -0.15) is 0 Å². The van der Waals surface area contributed by atoms with Crippen molar-refractivity contribution < 1.29 is 4.79 Å². The molecule has 0 aliphatic carbocycles. The number of anilines is 1. The highest BCUT2D eigenvalue weighted by molar-refractivity contribution is 8.27. The van der Waals surface area contributed by atoms with Crippen LogP contribution in [0.5, 0.6) is 0 Å². The molecule has 1 amide bonds. The molecule has 1 saturated heterocycles. The zero-order valence-corrected chi connectivity index (χ0v) is 15.2. The third-order valence-corrected chi connectivity index (χ3v) is 5.58.